The van der Waals surface area contributed by atoms with Crippen LogP contribution < -0.4 is 5.32 Å². The van der Waals surface area contributed by atoms with Gasteiger partial charge in [0, 0.05) is 13.1 Å². The Labute approximate surface area is 98.5 Å². The summed E-state index contributed by atoms with van der Waals surface area (Å²) in [6.45, 7) is 1.03. The number of aliphatic hydroxyl groups is 1. The van der Waals surface area contributed by atoms with Crippen molar-refractivity contribution in [1.82, 2.24) is 5.32 Å². The van der Waals surface area contributed by atoms with E-state index in [-0.39, 0.29) is 10.8 Å². The Balaban J connectivity index is 2.18. The third kappa shape index (κ3) is 4.09. The van der Waals surface area contributed by atoms with Gasteiger partial charge in [0.2, 0.25) is 0 Å². The van der Waals surface area contributed by atoms with Crippen molar-refractivity contribution < 1.29 is 14.6 Å². The molecule has 0 bridgehead atoms. The SMILES string of the molecule is COC(=O)C(Br)CNCC1(O)CCCC1. The molecular formula is C10H18BrNO3. The lowest BCUT2D eigenvalue weighted by molar-refractivity contribution is -0.139. The molecule has 2 N–H and O–H groups in total. The van der Waals surface area contributed by atoms with Crippen LogP contribution in [0.4, 0.5) is 0 Å². The Morgan fingerprint density at radius 1 is 1.60 bits per heavy atom. The largest absolute Gasteiger partial charge is 0.468 e. The summed E-state index contributed by atoms with van der Waals surface area (Å²) in [6.07, 6.45) is 3.89. The Bertz CT molecular complexity index is 217. The minimum Gasteiger partial charge on any atom is -0.468 e. The van der Waals surface area contributed by atoms with Crippen LogP contribution in [0, 0.1) is 0 Å². The van der Waals surface area contributed by atoms with Gasteiger partial charge in [0.15, 0.2) is 0 Å². The summed E-state index contributed by atoms with van der Waals surface area (Å²) in [5.74, 6) is -0.291. The number of carbonyl (C=O) groups excluding carboxylic acids is 1. The molecule has 0 aromatic carbocycles. The summed E-state index contributed by atoms with van der Waals surface area (Å²) >= 11 is 3.21. The normalized spacial score (nSPS) is 21.3. The fourth-order valence-electron chi connectivity index (χ4n) is 1.85. The van der Waals surface area contributed by atoms with Crippen molar-refractivity contribution in [2.24, 2.45) is 0 Å². The molecule has 0 heterocycles. The highest BCUT2D eigenvalue weighted by Crippen LogP contribution is 2.28. The highest BCUT2D eigenvalue weighted by molar-refractivity contribution is 9.10. The highest BCUT2D eigenvalue weighted by atomic mass is 79.9. The lowest BCUT2D eigenvalue weighted by Crippen LogP contribution is -2.41. The number of hydrogen-bond acceptors (Lipinski definition) is 4. The summed E-state index contributed by atoms with van der Waals surface area (Å²) in [7, 11) is 1.36. The van der Waals surface area contributed by atoms with Crippen molar-refractivity contribution in [1.29, 1.82) is 0 Å². The fraction of sp³-hybridized carbons (Fsp3) is 0.900. The molecule has 1 atom stereocenters. The quantitative estimate of drug-likeness (QED) is 0.578. The molecule has 15 heavy (non-hydrogen) atoms. The molecule has 1 saturated carbocycles. The van der Waals surface area contributed by atoms with E-state index in [9.17, 15) is 9.90 Å². The van der Waals surface area contributed by atoms with Gasteiger partial charge in [0.05, 0.1) is 12.7 Å². The standard InChI is InChI=1S/C10H18BrNO3/c1-15-9(13)8(11)6-12-7-10(14)4-2-3-5-10/h8,12,14H,2-7H2,1H3. The van der Waals surface area contributed by atoms with Gasteiger partial charge in [0.1, 0.15) is 4.83 Å². The first-order chi connectivity index (χ1) is 7.07. The van der Waals surface area contributed by atoms with Crippen LogP contribution in [0.3, 0.4) is 0 Å². The second-order valence-electron chi connectivity index (χ2n) is 4.05. The average Bonchev–Trinajstić information content (AvgIpc) is 2.64. The number of esters is 1. The van der Waals surface area contributed by atoms with Gasteiger partial charge in [-0.2, -0.15) is 0 Å². The minimum atomic E-state index is -0.567. The highest BCUT2D eigenvalue weighted by Gasteiger charge is 2.30. The third-order valence-corrected chi connectivity index (χ3v) is 3.47. The number of rotatable bonds is 5. The van der Waals surface area contributed by atoms with Gasteiger partial charge in [-0.1, -0.05) is 28.8 Å². The summed E-state index contributed by atoms with van der Waals surface area (Å²) < 4.78 is 4.57. The molecule has 1 unspecified atom stereocenters. The number of hydrogen-bond donors (Lipinski definition) is 2. The number of nitrogens with one attached hydrogen (secondary N) is 1. The van der Waals surface area contributed by atoms with Crippen molar-refractivity contribution in [3.63, 3.8) is 0 Å². The van der Waals surface area contributed by atoms with E-state index in [0.717, 1.165) is 25.7 Å². The maximum atomic E-state index is 11.0. The van der Waals surface area contributed by atoms with Crippen LogP contribution in [0.1, 0.15) is 25.7 Å². The molecule has 0 aromatic rings. The molecule has 0 aromatic heterocycles. The van der Waals surface area contributed by atoms with Crippen molar-refractivity contribution in [2.45, 2.75) is 36.1 Å². The average molecular weight is 280 g/mol. The van der Waals surface area contributed by atoms with Gasteiger partial charge in [-0.05, 0) is 12.8 Å². The van der Waals surface area contributed by atoms with E-state index < -0.39 is 5.60 Å². The maximum absolute atomic E-state index is 11.0. The Morgan fingerprint density at radius 2 is 2.20 bits per heavy atom. The monoisotopic (exact) mass is 279 g/mol. The molecule has 0 amide bonds. The second-order valence-corrected chi connectivity index (χ2v) is 5.16. The zero-order valence-electron chi connectivity index (χ0n) is 8.96. The summed E-state index contributed by atoms with van der Waals surface area (Å²) in [4.78, 5) is 10.7. The van der Waals surface area contributed by atoms with Crippen LogP contribution in [0.15, 0.2) is 0 Å². The van der Waals surface area contributed by atoms with E-state index in [0.29, 0.717) is 13.1 Å². The minimum absolute atomic E-state index is 0.291. The molecule has 1 fully saturated rings. The van der Waals surface area contributed by atoms with E-state index in [1.165, 1.54) is 7.11 Å². The van der Waals surface area contributed by atoms with E-state index in [1.54, 1.807) is 0 Å². The summed E-state index contributed by atoms with van der Waals surface area (Å²) in [6, 6.07) is 0. The molecule has 0 saturated heterocycles. The van der Waals surface area contributed by atoms with Gasteiger partial charge < -0.3 is 15.2 Å². The van der Waals surface area contributed by atoms with Crippen molar-refractivity contribution in [3.8, 4) is 0 Å². The van der Waals surface area contributed by atoms with Gasteiger partial charge in [-0.25, -0.2) is 0 Å². The Morgan fingerprint density at radius 3 is 2.73 bits per heavy atom. The number of methoxy groups -OCH3 is 1. The first kappa shape index (κ1) is 12.9. The number of halogens is 1. The van der Waals surface area contributed by atoms with Crippen LogP contribution in [0.2, 0.25) is 0 Å². The molecule has 1 aliphatic rings. The molecule has 88 valence electrons. The van der Waals surface area contributed by atoms with Crippen LogP contribution in [0.5, 0.6) is 0 Å². The molecule has 5 heteroatoms. The van der Waals surface area contributed by atoms with Crippen LogP contribution in [-0.2, 0) is 9.53 Å². The lowest BCUT2D eigenvalue weighted by atomic mass is 10.0. The molecule has 4 nitrogen and oxygen atoms in total. The molecule has 1 aliphatic carbocycles. The third-order valence-electron chi connectivity index (χ3n) is 2.77. The van der Waals surface area contributed by atoms with E-state index >= 15 is 0 Å². The predicted molar refractivity (Wildman–Crippen MR) is 61.0 cm³/mol. The van der Waals surface area contributed by atoms with Crippen LogP contribution in [-0.4, -0.2) is 41.7 Å². The molecule has 0 radical (unpaired) electrons. The fourth-order valence-corrected chi connectivity index (χ4v) is 2.27. The first-order valence-electron chi connectivity index (χ1n) is 5.22. The Hall–Kier alpha value is -0.130. The van der Waals surface area contributed by atoms with Gasteiger partial charge in [0.25, 0.3) is 0 Å². The molecule has 0 spiro atoms. The summed E-state index contributed by atoms with van der Waals surface area (Å²) in [5.41, 5.74) is -0.567. The zero-order valence-corrected chi connectivity index (χ0v) is 10.5. The maximum Gasteiger partial charge on any atom is 0.320 e. The second kappa shape index (κ2) is 5.82. The van der Waals surface area contributed by atoms with Gasteiger partial charge >= 0.3 is 5.97 Å². The van der Waals surface area contributed by atoms with Crippen LogP contribution in [0.25, 0.3) is 0 Å². The smallest absolute Gasteiger partial charge is 0.320 e. The summed E-state index contributed by atoms with van der Waals surface area (Å²) in [5, 5.41) is 13.1. The Kier molecular flexibility index (Phi) is 5.02. The van der Waals surface area contributed by atoms with Crippen molar-refractivity contribution in [2.75, 3.05) is 20.2 Å². The predicted octanol–water partition coefficient (Wildman–Crippen LogP) is 0.818. The van der Waals surface area contributed by atoms with Crippen molar-refractivity contribution in [3.05, 3.63) is 0 Å². The number of ether oxygens (including phenoxy) is 1. The number of carbonyl (C=O) groups is 1. The van der Waals surface area contributed by atoms with Gasteiger partial charge in [-0.3, -0.25) is 4.79 Å². The first-order valence-corrected chi connectivity index (χ1v) is 6.14. The topological polar surface area (TPSA) is 58.6 Å². The van der Waals surface area contributed by atoms with Gasteiger partial charge in [-0.15, -0.1) is 0 Å². The van der Waals surface area contributed by atoms with Crippen molar-refractivity contribution >= 4 is 21.9 Å². The van der Waals surface area contributed by atoms with Crippen LogP contribution >= 0.6 is 15.9 Å². The lowest BCUT2D eigenvalue weighted by Gasteiger charge is -2.22. The molecular weight excluding hydrogens is 262 g/mol. The zero-order chi connectivity index (χ0) is 11.3. The van der Waals surface area contributed by atoms with E-state index in [1.807, 2.05) is 0 Å². The molecule has 1 rings (SSSR count). The van der Waals surface area contributed by atoms with E-state index in [4.69, 9.17) is 0 Å². The number of alkyl halides is 1. The molecule has 0 aliphatic heterocycles. The van der Waals surface area contributed by atoms with E-state index in [2.05, 4.69) is 26.0 Å².